The summed E-state index contributed by atoms with van der Waals surface area (Å²) in [4.78, 5) is 19.8. The number of esters is 1. The van der Waals surface area contributed by atoms with E-state index in [1.165, 1.54) is 19.4 Å². The lowest BCUT2D eigenvalue weighted by Gasteiger charge is -2.06. The molecule has 0 unspecified atom stereocenters. The summed E-state index contributed by atoms with van der Waals surface area (Å²) in [7, 11) is 1.32. The quantitative estimate of drug-likeness (QED) is 0.783. The molecule has 0 aliphatic carbocycles. The molecule has 0 amide bonds. The fraction of sp³-hybridized carbons (Fsp3) is 0.267. The van der Waals surface area contributed by atoms with E-state index >= 15 is 0 Å². The van der Waals surface area contributed by atoms with Crippen molar-refractivity contribution in [3.63, 3.8) is 0 Å². The van der Waals surface area contributed by atoms with E-state index in [1.807, 2.05) is 24.3 Å². The van der Waals surface area contributed by atoms with Crippen LogP contribution in [0.5, 0.6) is 5.75 Å². The lowest BCUT2D eigenvalue weighted by molar-refractivity contribution is 0.0594. The summed E-state index contributed by atoms with van der Waals surface area (Å²) < 4.78 is 10.2. The molecule has 0 spiro atoms. The van der Waals surface area contributed by atoms with Gasteiger partial charge in [-0.15, -0.1) is 0 Å². The molecule has 5 heteroatoms. The van der Waals surface area contributed by atoms with Crippen molar-refractivity contribution in [1.29, 1.82) is 0 Å². The van der Waals surface area contributed by atoms with Crippen molar-refractivity contribution >= 4 is 5.97 Å². The molecule has 0 N–H and O–H groups in total. The van der Waals surface area contributed by atoms with Gasteiger partial charge >= 0.3 is 5.97 Å². The molecule has 104 valence electrons. The van der Waals surface area contributed by atoms with Gasteiger partial charge in [-0.2, -0.15) is 0 Å². The predicted molar refractivity (Wildman–Crippen MR) is 74.6 cm³/mol. The van der Waals surface area contributed by atoms with Crippen molar-refractivity contribution in [1.82, 2.24) is 9.97 Å². The Bertz CT molecular complexity index is 582. The monoisotopic (exact) mass is 272 g/mol. The van der Waals surface area contributed by atoms with Gasteiger partial charge in [0, 0.05) is 11.8 Å². The highest BCUT2D eigenvalue weighted by atomic mass is 16.5. The number of methoxy groups -OCH3 is 1. The van der Waals surface area contributed by atoms with Crippen LogP contribution in [0.15, 0.2) is 36.5 Å². The molecule has 1 heterocycles. The lowest BCUT2D eigenvalue weighted by atomic mass is 10.2. The van der Waals surface area contributed by atoms with Gasteiger partial charge < -0.3 is 9.47 Å². The van der Waals surface area contributed by atoms with Gasteiger partial charge in [0.2, 0.25) is 0 Å². The minimum absolute atomic E-state index is 0.240. The molecule has 1 aromatic heterocycles. The van der Waals surface area contributed by atoms with E-state index in [1.54, 1.807) is 0 Å². The average Bonchev–Trinajstić information content (AvgIpc) is 2.52. The van der Waals surface area contributed by atoms with Crippen molar-refractivity contribution in [3.05, 3.63) is 42.2 Å². The van der Waals surface area contributed by atoms with Gasteiger partial charge in [0.05, 0.1) is 13.7 Å². The maximum atomic E-state index is 11.4. The van der Waals surface area contributed by atoms with Crippen LogP contribution in [-0.2, 0) is 4.74 Å². The zero-order valence-corrected chi connectivity index (χ0v) is 11.5. The number of aromatic nitrogens is 2. The Morgan fingerprint density at radius 3 is 2.60 bits per heavy atom. The smallest absolute Gasteiger partial charge is 0.356 e. The molecule has 0 saturated heterocycles. The van der Waals surface area contributed by atoms with Gasteiger partial charge in [-0.05, 0) is 36.8 Å². The summed E-state index contributed by atoms with van der Waals surface area (Å²) >= 11 is 0. The first kappa shape index (κ1) is 14.0. The van der Waals surface area contributed by atoms with Gasteiger partial charge in [0.15, 0.2) is 11.5 Å². The Kier molecular flexibility index (Phi) is 4.65. The maximum absolute atomic E-state index is 11.4. The number of ether oxygens (including phenoxy) is 2. The second-order valence-electron chi connectivity index (χ2n) is 4.13. The topological polar surface area (TPSA) is 61.3 Å². The van der Waals surface area contributed by atoms with Gasteiger partial charge in [-0.3, -0.25) is 0 Å². The highest BCUT2D eigenvalue weighted by Crippen LogP contribution is 2.19. The van der Waals surface area contributed by atoms with Crippen LogP contribution in [0.25, 0.3) is 11.4 Å². The van der Waals surface area contributed by atoms with Gasteiger partial charge in [-0.25, -0.2) is 14.8 Å². The molecule has 0 aliphatic rings. The molecule has 5 nitrogen and oxygen atoms in total. The van der Waals surface area contributed by atoms with Crippen molar-refractivity contribution in [2.24, 2.45) is 0 Å². The third kappa shape index (κ3) is 3.32. The Labute approximate surface area is 117 Å². The van der Waals surface area contributed by atoms with Crippen molar-refractivity contribution in [2.45, 2.75) is 13.3 Å². The molecule has 0 bridgehead atoms. The second kappa shape index (κ2) is 6.65. The fourth-order valence-electron chi connectivity index (χ4n) is 1.64. The first-order valence-electron chi connectivity index (χ1n) is 6.39. The number of hydrogen-bond donors (Lipinski definition) is 0. The van der Waals surface area contributed by atoms with E-state index in [-0.39, 0.29) is 5.69 Å². The first-order valence-corrected chi connectivity index (χ1v) is 6.39. The van der Waals surface area contributed by atoms with E-state index in [2.05, 4.69) is 21.6 Å². The Morgan fingerprint density at radius 2 is 1.95 bits per heavy atom. The van der Waals surface area contributed by atoms with Crippen LogP contribution < -0.4 is 4.74 Å². The molecule has 2 rings (SSSR count). The minimum atomic E-state index is -0.475. The molecular weight excluding hydrogens is 256 g/mol. The lowest BCUT2D eigenvalue weighted by Crippen LogP contribution is -2.05. The predicted octanol–water partition coefficient (Wildman–Crippen LogP) is 2.72. The largest absolute Gasteiger partial charge is 0.494 e. The minimum Gasteiger partial charge on any atom is -0.494 e. The number of carbonyl (C=O) groups is 1. The zero-order chi connectivity index (χ0) is 14.4. The molecule has 0 radical (unpaired) electrons. The SMILES string of the molecule is CCCOc1ccc(-c2nccc(C(=O)OC)n2)cc1. The van der Waals surface area contributed by atoms with Gasteiger partial charge in [0.1, 0.15) is 5.75 Å². The highest BCUT2D eigenvalue weighted by Gasteiger charge is 2.09. The summed E-state index contributed by atoms with van der Waals surface area (Å²) in [5.41, 5.74) is 1.06. The average molecular weight is 272 g/mol. The van der Waals surface area contributed by atoms with Crippen LogP contribution in [0.2, 0.25) is 0 Å². The van der Waals surface area contributed by atoms with E-state index in [4.69, 9.17) is 4.74 Å². The van der Waals surface area contributed by atoms with E-state index in [0.717, 1.165) is 17.7 Å². The van der Waals surface area contributed by atoms with Gasteiger partial charge in [-0.1, -0.05) is 6.92 Å². The molecule has 0 atom stereocenters. The summed E-state index contributed by atoms with van der Waals surface area (Å²) in [6.45, 7) is 2.74. The number of nitrogens with zero attached hydrogens (tertiary/aromatic N) is 2. The Hall–Kier alpha value is -2.43. The third-order valence-corrected chi connectivity index (χ3v) is 2.64. The highest BCUT2D eigenvalue weighted by molar-refractivity contribution is 5.87. The summed E-state index contributed by atoms with van der Waals surface area (Å²) in [6.07, 6.45) is 2.50. The number of carbonyl (C=O) groups excluding carboxylic acids is 1. The van der Waals surface area contributed by atoms with Crippen molar-refractivity contribution in [3.8, 4) is 17.1 Å². The van der Waals surface area contributed by atoms with Crippen molar-refractivity contribution < 1.29 is 14.3 Å². The summed E-state index contributed by atoms with van der Waals surface area (Å²) in [6, 6.07) is 8.97. The Morgan fingerprint density at radius 1 is 1.20 bits per heavy atom. The molecule has 1 aromatic carbocycles. The van der Waals surface area contributed by atoms with Crippen molar-refractivity contribution in [2.75, 3.05) is 13.7 Å². The molecule has 0 saturated carbocycles. The zero-order valence-electron chi connectivity index (χ0n) is 11.5. The van der Waals surface area contributed by atoms with Gasteiger partial charge in [0.25, 0.3) is 0 Å². The van der Waals surface area contributed by atoms with Crippen LogP contribution in [0.4, 0.5) is 0 Å². The summed E-state index contributed by atoms with van der Waals surface area (Å²) in [5, 5.41) is 0. The van der Waals surface area contributed by atoms with E-state index in [0.29, 0.717) is 12.4 Å². The van der Waals surface area contributed by atoms with Crippen LogP contribution in [-0.4, -0.2) is 29.7 Å². The molecule has 0 aliphatic heterocycles. The maximum Gasteiger partial charge on any atom is 0.356 e. The van der Waals surface area contributed by atoms with E-state index < -0.39 is 5.97 Å². The van der Waals surface area contributed by atoms with E-state index in [9.17, 15) is 4.79 Å². The standard InChI is InChI=1S/C15H16N2O3/c1-3-10-20-12-6-4-11(5-7-12)14-16-9-8-13(17-14)15(18)19-2/h4-9H,3,10H2,1-2H3. The van der Waals surface area contributed by atoms with Crippen LogP contribution >= 0.6 is 0 Å². The Balaban J connectivity index is 2.21. The molecule has 2 aromatic rings. The second-order valence-corrected chi connectivity index (χ2v) is 4.13. The normalized spacial score (nSPS) is 10.1. The van der Waals surface area contributed by atoms with Crippen LogP contribution in [0, 0.1) is 0 Å². The number of benzene rings is 1. The number of hydrogen-bond acceptors (Lipinski definition) is 5. The summed E-state index contributed by atoms with van der Waals surface area (Å²) in [5.74, 6) is 0.811. The third-order valence-electron chi connectivity index (χ3n) is 2.64. The molecule has 0 fully saturated rings. The first-order chi connectivity index (χ1) is 9.74. The van der Waals surface area contributed by atoms with Crippen LogP contribution in [0.3, 0.4) is 0 Å². The molecule has 20 heavy (non-hydrogen) atoms. The fourth-order valence-corrected chi connectivity index (χ4v) is 1.64. The number of rotatable bonds is 5. The van der Waals surface area contributed by atoms with Crippen LogP contribution in [0.1, 0.15) is 23.8 Å². The molecular formula is C15H16N2O3.